The second-order valence-corrected chi connectivity index (χ2v) is 2.33. The maximum absolute atomic E-state index is 4.19. The van der Waals surface area contributed by atoms with Crippen LogP contribution in [0, 0.1) is 5.92 Å². The van der Waals surface area contributed by atoms with Gasteiger partial charge in [0.05, 0.1) is 0 Å². The molecule has 1 aliphatic heterocycles. The maximum atomic E-state index is 4.19. The Bertz CT molecular complexity index is 50.0. The first-order valence-electron chi connectivity index (χ1n) is 2.67. The van der Waals surface area contributed by atoms with Crippen molar-refractivity contribution in [1.29, 1.82) is 0 Å². The average Bonchev–Trinajstić information content (AvgIpc) is 2.14. The second-order valence-electron chi connectivity index (χ2n) is 1.97. The van der Waals surface area contributed by atoms with Crippen molar-refractivity contribution in [3.63, 3.8) is 0 Å². The van der Waals surface area contributed by atoms with Crippen LogP contribution >= 0.6 is 12.6 Å². The van der Waals surface area contributed by atoms with Gasteiger partial charge in [-0.05, 0) is 18.1 Å². The highest BCUT2D eigenvalue weighted by Gasteiger charge is 2.12. The zero-order valence-electron chi connectivity index (χ0n) is 4.30. The van der Waals surface area contributed by atoms with E-state index in [1.165, 1.54) is 6.42 Å². The first-order chi connectivity index (χ1) is 3.43. The molecule has 1 radical (unpaired) electrons. The van der Waals surface area contributed by atoms with Crippen LogP contribution in [-0.4, -0.2) is 18.8 Å². The van der Waals surface area contributed by atoms with E-state index in [4.69, 9.17) is 0 Å². The molecule has 7 heavy (non-hydrogen) atoms. The van der Waals surface area contributed by atoms with E-state index in [1.54, 1.807) is 0 Å². The van der Waals surface area contributed by atoms with Gasteiger partial charge in [0.1, 0.15) is 0 Å². The van der Waals surface area contributed by atoms with Crippen molar-refractivity contribution < 1.29 is 0 Å². The van der Waals surface area contributed by atoms with Crippen LogP contribution in [0.5, 0.6) is 0 Å². The summed E-state index contributed by atoms with van der Waals surface area (Å²) in [5.74, 6) is 1.81. The summed E-state index contributed by atoms with van der Waals surface area (Å²) in [6, 6.07) is 0. The van der Waals surface area contributed by atoms with Crippen molar-refractivity contribution in [1.82, 2.24) is 5.32 Å². The van der Waals surface area contributed by atoms with E-state index in [9.17, 15) is 0 Å². The third-order valence-corrected chi connectivity index (χ3v) is 1.86. The lowest BCUT2D eigenvalue weighted by atomic mass is 10.2. The van der Waals surface area contributed by atoms with Gasteiger partial charge in [0, 0.05) is 13.1 Å². The molecule has 2 heteroatoms. The molecule has 0 bridgehead atoms. The third kappa shape index (κ3) is 1.35. The molecule has 0 amide bonds. The number of hydrogen-bond acceptors (Lipinski definition) is 1. The Hall–Kier alpha value is 0.310. The van der Waals surface area contributed by atoms with Crippen molar-refractivity contribution in [2.24, 2.45) is 5.92 Å². The summed E-state index contributed by atoms with van der Waals surface area (Å²) in [7, 11) is 0. The van der Waals surface area contributed by atoms with Gasteiger partial charge < -0.3 is 0 Å². The van der Waals surface area contributed by atoms with Crippen LogP contribution in [0.3, 0.4) is 0 Å². The van der Waals surface area contributed by atoms with E-state index in [1.807, 2.05) is 0 Å². The van der Waals surface area contributed by atoms with E-state index in [0.717, 1.165) is 24.8 Å². The van der Waals surface area contributed by atoms with Gasteiger partial charge in [-0.25, -0.2) is 5.32 Å². The zero-order valence-corrected chi connectivity index (χ0v) is 5.19. The van der Waals surface area contributed by atoms with Crippen LogP contribution < -0.4 is 5.32 Å². The van der Waals surface area contributed by atoms with Crippen LogP contribution in [0.2, 0.25) is 0 Å². The van der Waals surface area contributed by atoms with Crippen molar-refractivity contribution in [2.45, 2.75) is 6.42 Å². The predicted octanol–water partition coefficient (Wildman–Crippen LogP) is 0.540. The quantitative estimate of drug-likeness (QED) is 0.481. The normalized spacial score (nSPS) is 31.3. The summed E-state index contributed by atoms with van der Waals surface area (Å²) in [6.45, 7) is 2.13. The molecule has 0 aromatic heterocycles. The zero-order chi connectivity index (χ0) is 5.11. The van der Waals surface area contributed by atoms with Crippen LogP contribution in [-0.2, 0) is 0 Å². The van der Waals surface area contributed by atoms with Crippen LogP contribution in [0.4, 0.5) is 0 Å². The Morgan fingerprint density at radius 3 is 2.86 bits per heavy atom. The van der Waals surface area contributed by atoms with E-state index in [-0.39, 0.29) is 0 Å². The molecule has 0 aromatic carbocycles. The molecule has 1 rings (SSSR count). The molecule has 1 fully saturated rings. The third-order valence-electron chi connectivity index (χ3n) is 1.34. The van der Waals surface area contributed by atoms with Gasteiger partial charge in [-0.2, -0.15) is 12.6 Å². The molecular weight excluding hydrogens is 106 g/mol. The lowest BCUT2D eigenvalue weighted by Gasteiger charge is -1.97. The van der Waals surface area contributed by atoms with Gasteiger partial charge in [-0.3, -0.25) is 0 Å². The molecule has 1 saturated heterocycles. The van der Waals surface area contributed by atoms with Gasteiger partial charge in [0.2, 0.25) is 0 Å². The molecule has 0 aromatic rings. The first-order valence-corrected chi connectivity index (χ1v) is 3.31. The molecule has 1 heterocycles. The summed E-state index contributed by atoms with van der Waals surface area (Å²) < 4.78 is 0. The van der Waals surface area contributed by atoms with Gasteiger partial charge in [-0.1, -0.05) is 0 Å². The van der Waals surface area contributed by atoms with Crippen LogP contribution in [0.25, 0.3) is 0 Å². The lowest BCUT2D eigenvalue weighted by Crippen LogP contribution is -2.02. The Morgan fingerprint density at radius 2 is 2.57 bits per heavy atom. The minimum Gasteiger partial charge on any atom is -0.241 e. The Kier molecular flexibility index (Phi) is 2.00. The van der Waals surface area contributed by atoms with Crippen molar-refractivity contribution in [3.8, 4) is 0 Å². The molecule has 1 nitrogen and oxygen atoms in total. The van der Waals surface area contributed by atoms with Gasteiger partial charge in [-0.15, -0.1) is 0 Å². The molecule has 1 aliphatic rings. The monoisotopic (exact) mass is 116 g/mol. The Balaban J connectivity index is 2.14. The highest BCUT2D eigenvalue weighted by molar-refractivity contribution is 7.80. The smallest absolute Gasteiger partial charge is 0.0170 e. The van der Waals surface area contributed by atoms with E-state index in [0.29, 0.717) is 0 Å². The summed E-state index contributed by atoms with van der Waals surface area (Å²) in [5, 5.41) is 4.19. The number of nitrogens with zero attached hydrogens (tertiary/aromatic N) is 1. The summed E-state index contributed by atoms with van der Waals surface area (Å²) in [4.78, 5) is 0. The Labute approximate surface area is 49.9 Å². The molecule has 41 valence electrons. The van der Waals surface area contributed by atoms with Crippen LogP contribution in [0.1, 0.15) is 6.42 Å². The number of thiol groups is 1. The standard InChI is InChI=1S/C5H10NS/c7-4-5-1-2-6-3-5/h5,7H,1-4H2. The summed E-state index contributed by atoms with van der Waals surface area (Å²) in [6.07, 6.45) is 1.27. The average molecular weight is 116 g/mol. The fraction of sp³-hybridized carbons (Fsp3) is 1.00. The summed E-state index contributed by atoms with van der Waals surface area (Å²) >= 11 is 4.16. The van der Waals surface area contributed by atoms with Crippen molar-refractivity contribution in [3.05, 3.63) is 0 Å². The molecule has 0 N–H and O–H groups in total. The van der Waals surface area contributed by atoms with Crippen molar-refractivity contribution >= 4 is 12.6 Å². The van der Waals surface area contributed by atoms with Gasteiger partial charge in [0.15, 0.2) is 0 Å². The molecular formula is C5H10NS. The SMILES string of the molecule is SCC1CC[N]C1. The fourth-order valence-corrected chi connectivity index (χ4v) is 1.09. The minimum atomic E-state index is 0.795. The minimum absolute atomic E-state index is 0.795. The van der Waals surface area contributed by atoms with E-state index < -0.39 is 0 Å². The molecule has 1 unspecified atom stereocenters. The molecule has 0 saturated carbocycles. The maximum Gasteiger partial charge on any atom is 0.0170 e. The Morgan fingerprint density at radius 1 is 1.71 bits per heavy atom. The largest absolute Gasteiger partial charge is 0.241 e. The number of rotatable bonds is 1. The first kappa shape index (κ1) is 5.45. The highest BCUT2D eigenvalue weighted by atomic mass is 32.1. The fourth-order valence-electron chi connectivity index (χ4n) is 0.788. The van der Waals surface area contributed by atoms with Gasteiger partial charge >= 0.3 is 0 Å². The highest BCUT2D eigenvalue weighted by Crippen LogP contribution is 2.08. The lowest BCUT2D eigenvalue weighted by molar-refractivity contribution is 0.662. The topological polar surface area (TPSA) is 14.1 Å². The van der Waals surface area contributed by atoms with Crippen molar-refractivity contribution in [2.75, 3.05) is 18.8 Å². The van der Waals surface area contributed by atoms with Crippen LogP contribution in [0.15, 0.2) is 0 Å². The molecule has 0 aliphatic carbocycles. The predicted molar refractivity (Wildman–Crippen MR) is 33.8 cm³/mol. The number of hydrogen-bond donors (Lipinski definition) is 1. The van der Waals surface area contributed by atoms with Gasteiger partial charge in [0.25, 0.3) is 0 Å². The second kappa shape index (κ2) is 2.58. The molecule has 1 atom stereocenters. The van der Waals surface area contributed by atoms with E-state index >= 15 is 0 Å². The summed E-state index contributed by atoms with van der Waals surface area (Å²) in [5.41, 5.74) is 0. The van der Waals surface area contributed by atoms with E-state index in [2.05, 4.69) is 17.9 Å². The molecule has 0 spiro atoms.